The van der Waals surface area contributed by atoms with Gasteiger partial charge in [0, 0.05) is 12.6 Å². The summed E-state index contributed by atoms with van der Waals surface area (Å²) < 4.78 is 19.3. The van der Waals surface area contributed by atoms with E-state index in [1.165, 1.54) is 18.9 Å². The van der Waals surface area contributed by atoms with Crippen LogP contribution in [0.5, 0.6) is 5.75 Å². The summed E-state index contributed by atoms with van der Waals surface area (Å²) in [6, 6.07) is 6.95. The van der Waals surface area contributed by atoms with Crippen molar-refractivity contribution >= 4 is 29.9 Å². The van der Waals surface area contributed by atoms with Crippen molar-refractivity contribution in [3.63, 3.8) is 0 Å². The predicted octanol–water partition coefficient (Wildman–Crippen LogP) is 2.99. The van der Waals surface area contributed by atoms with Crippen LogP contribution in [0.15, 0.2) is 29.3 Å². The summed E-state index contributed by atoms with van der Waals surface area (Å²) in [5.74, 6) is 0.330. The Kier molecular flexibility index (Phi) is 10.1. The van der Waals surface area contributed by atoms with E-state index in [1.54, 1.807) is 18.2 Å². The number of rotatable bonds is 8. The third-order valence-corrected chi connectivity index (χ3v) is 4.47. The number of benzene rings is 1. The highest BCUT2D eigenvalue weighted by Crippen LogP contribution is 2.18. The second-order valence-electron chi connectivity index (χ2n) is 6.11. The first-order valence-electron chi connectivity index (χ1n) is 8.83. The topological polar surface area (TPSA) is 62.9 Å². The van der Waals surface area contributed by atoms with E-state index in [-0.39, 0.29) is 41.6 Å². The first kappa shape index (κ1) is 22.0. The number of para-hydroxylation sites is 1. The summed E-state index contributed by atoms with van der Waals surface area (Å²) in [5, 5.41) is 3.20. The van der Waals surface area contributed by atoms with Gasteiger partial charge in [0.2, 0.25) is 0 Å². The summed E-state index contributed by atoms with van der Waals surface area (Å²) in [4.78, 5) is 6.81. The number of nitrogens with two attached hydrogens (primary N) is 1. The number of ether oxygens (including phenoxy) is 1. The van der Waals surface area contributed by atoms with Crippen LogP contribution in [0.2, 0.25) is 0 Å². The van der Waals surface area contributed by atoms with Gasteiger partial charge in [-0.15, -0.1) is 24.0 Å². The van der Waals surface area contributed by atoms with Gasteiger partial charge in [-0.1, -0.05) is 26.0 Å². The second-order valence-corrected chi connectivity index (χ2v) is 6.11. The minimum absolute atomic E-state index is 0. The van der Waals surface area contributed by atoms with E-state index < -0.39 is 0 Å². The highest BCUT2D eigenvalue weighted by molar-refractivity contribution is 14.0. The van der Waals surface area contributed by atoms with Gasteiger partial charge in [0.15, 0.2) is 17.5 Å². The van der Waals surface area contributed by atoms with Gasteiger partial charge in [-0.2, -0.15) is 0 Å². The Balaban J connectivity index is 0.00000312. The highest BCUT2D eigenvalue weighted by atomic mass is 127. The molecule has 1 saturated heterocycles. The minimum atomic E-state index is -0.355. The lowest BCUT2D eigenvalue weighted by molar-refractivity contribution is 0.196. The van der Waals surface area contributed by atoms with E-state index >= 15 is 0 Å². The molecule has 2 unspecified atom stereocenters. The lowest BCUT2D eigenvalue weighted by Crippen LogP contribution is -2.43. The fourth-order valence-corrected chi connectivity index (χ4v) is 2.99. The summed E-state index contributed by atoms with van der Waals surface area (Å²) in [6.07, 6.45) is 2.98. The van der Waals surface area contributed by atoms with Gasteiger partial charge in [0.25, 0.3) is 0 Å². The van der Waals surface area contributed by atoms with Gasteiger partial charge in [-0.3, -0.25) is 4.90 Å². The third-order valence-electron chi connectivity index (χ3n) is 4.47. The molecule has 0 radical (unpaired) electrons. The Hall–Kier alpha value is -1.09. The van der Waals surface area contributed by atoms with Crippen molar-refractivity contribution in [1.82, 2.24) is 10.2 Å². The monoisotopic (exact) mass is 464 g/mol. The lowest BCUT2D eigenvalue weighted by Gasteiger charge is -2.23. The standard InChI is InChI=1S/C18H29FN4O.HI/c1-3-15(24-17-10-6-5-9-16(17)19)13-22-18(20)21-12-14-8-7-11-23(14)4-2;/h5-6,9-10,14-15H,3-4,7-8,11-13H2,1-2H3,(H3,20,21,22);1H. The number of nitrogens with zero attached hydrogens (tertiary/aromatic N) is 2. The van der Waals surface area contributed by atoms with E-state index in [0.29, 0.717) is 18.5 Å². The molecule has 3 N–H and O–H groups in total. The maximum Gasteiger partial charge on any atom is 0.188 e. The average molecular weight is 464 g/mol. The predicted molar refractivity (Wildman–Crippen MR) is 111 cm³/mol. The fourth-order valence-electron chi connectivity index (χ4n) is 2.99. The van der Waals surface area contributed by atoms with Gasteiger partial charge >= 0.3 is 0 Å². The summed E-state index contributed by atoms with van der Waals surface area (Å²) in [7, 11) is 0. The number of aliphatic imine (C=N–C) groups is 1. The molecule has 2 rings (SSSR count). The molecule has 5 nitrogen and oxygen atoms in total. The van der Waals surface area contributed by atoms with Crippen LogP contribution in [-0.2, 0) is 0 Å². The van der Waals surface area contributed by atoms with Crippen molar-refractivity contribution in [3.05, 3.63) is 30.1 Å². The van der Waals surface area contributed by atoms with Crippen LogP contribution in [0.3, 0.4) is 0 Å². The summed E-state index contributed by atoms with van der Waals surface area (Å²) in [5.41, 5.74) is 5.96. The molecule has 2 atom stereocenters. The highest BCUT2D eigenvalue weighted by Gasteiger charge is 2.22. The second kappa shape index (κ2) is 11.5. The number of nitrogens with one attached hydrogen (secondary N) is 1. The van der Waals surface area contributed by atoms with Gasteiger partial charge in [0.1, 0.15) is 6.10 Å². The fraction of sp³-hybridized carbons (Fsp3) is 0.611. The SMILES string of the molecule is CCC(CN=C(N)NCC1CCCN1CC)Oc1ccccc1F.I. The van der Waals surface area contributed by atoms with Gasteiger partial charge < -0.3 is 15.8 Å². The van der Waals surface area contributed by atoms with Gasteiger partial charge in [-0.25, -0.2) is 9.38 Å². The molecule has 1 heterocycles. The number of halogens is 2. The maximum absolute atomic E-state index is 13.6. The van der Waals surface area contributed by atoms with E-state index in [9.17, 15) is 4.39 Å². The molecule has 0 spiro atoms. The molecular formula is C18H30FIN4O. The van der Waals surface area contributed by atoms with Crippen molar-refractivity contribution in [2.75, 3.05) is 26.2 Å². The normalized spacial score (nSPS) is 19.3. The largest absolute Gasteiger partial charge is 0.485 e. The Labute approximate surface area is 167 Å². The molecule has 7 heteroatoms. The quantitative estimate of drug-likeness (QED) is 0.353. The summed E-state index contributed by atoms with van der Waals surface area (Å²) >= 11 is 0. The van der Waals surface area contributed by atoms with E-state index in [0.717, 1.165) is 26.1 Å². The van der Waals surface area contributed by atoms with E-state index in [2.05, 4.69) is 22.1 Å². The first-order chi connectivity index (χ1) is 11.6. The van der Waals surface area contributed by atoms with Crippen molar-refractivity contribution < 1.29 is 9.13 Å². The van der Waals surface area contributed by atoms with Crippen LogP contribution in [0.25, 0.3) is 0 Å². The minimum Gasteiger partial charge on any atom is -0.485 e. The molecule has 0 amide bonds. The molecule has 0 saturated carbocycles. The number of hydrogen-bond donors (Lipinski definition) is 2. The maximum atomic E-state index is 13.6. The zero-order chi connectivity index (χ0) is 17.4. The molecule has 0 aromatic heterocycles. The molecule has 1 aromatic rings. The van der Waals surface area contributed by atoms with Crippen LogP contribution in [-0.4, -0.2) is 49.2 Å². The summed E-state index contributed by atoms with van der Waals surface area (Å²) in [6.45, 7) is 7.62. The first-order valence-corrected chi connectivity index (χ1v) is 8.83. The van der Waals surface area contributed by atoms with Crippen LogP contribution < -0.4 is 15.8 Å². The number of hydrogen-bond acceptors (Lipinski definition) is 3. The smallest absolute Gasteiger partial charge is 0.188 e. The Morgan fingerprint density at radius 3 is 2.88 bits per heavy atom. The molecule has 0 aliphatic carbocycles. The zero-order valence-electron chi connectivity index (χ0n) is 15.1. The Morgan fingerprint density at radius 2 is 2.20 bits per heavy atom. The van der Waals surface area contributed by atoms with E-state index in [1.807, 2.05) is 6.92 Å². The van der Waals surface area contributed by atoms with Gasteiger partial charge in [0.05, 0.1) is 6.54 Å². The Bertz CT molecular complexity index is 544. The molecule has 142 valence electrons. The van der Waals surface area contributed by atoms with Crippen molar-refractivity contribution in [1.29, 1.82) is 0 Å². The average Bonchev–Trinajstić information content (AvgIpc) is 3.05. The number of likely N-dealkylation sites (tertiary alicyclic amines) is 1. The van der Waals surface area contributed by atoms with Gasteiger partial charge in [-0.05, 0) is 44.5 Å². The molecular weight excluding hydrogens is 434 g/mol. The molecule has 1 fully saturated rings. The molecule has 1 aliphatic heterocycles. The zero-order valence-corrected chi connectivity index (χ0v) is 17.4. The lowest BCUT2D eigenvalue weighted by atomic mass is 10.2. The third kappa shape index (κ3) is 6.97. The van der Waals surface area contributed by atoms with Crippen LogP contribution in [0, 0.1) is 5.82 Å². The van der Waals surface area contributed by atoms with Crippen LogP contribution >= 0.6 is 24.0 Å². The number of likely N-dealkylation sites (N-methyl/N-ethyl adjacent to an activating group) is 1. The Morgan fingerprint density at radius 1 is 1.44 bits per heavy atom. The molecule has 1 aromatic carbocycles. The van der Waals surface area contributed by atoms with Crippen LogP contribution in [0.4, 0.5) is 4.39 Å². The van der Waals surface area contributed by atoms with E-state index in [4.69, 9.17) is 10.5 Å². The molecule has 25 heavy (non-hydrogen) atoms. The molecule has 0 bridgehead atoms. The van der Waals surface area contributed by atoms with Crippen molar-refractivity contribution in [2.45, 2.75) is 45.3 Å². The van der Waals surface area contributed by atoms with Crippen LogP contribution in [0.1, 0.15) is 33.1 Å². The molecule has 1 aliphatic rings. The number of guanidine groups is 1. The van der Waals surface area contributed by atoms with Crippen molar-refractivity contribution in [2.24, 2.45) is 10.7 Å². The van der Waals surface area contributed by atoms with Crippen molar-refractivity contribution in [3.8, 4) is 5.75 Å².